The molecule has 1 saturated carbocycles. The molecule has 2 amide bonds. The van der Waals surface area contributed by atoms with Gasteiger partial charge in [-0.2, -0.15) is 0 Å². The number of amides is 2. The second-order valence-electron chi connectivity index (χ2n) is 9.73. The molecule has 2 heterocycles. The van der Waals surface area contributed by atoms with Crippen molar-refractivity contribution in [2.24, 2.45) is 5.92 Å². The van der Waals surface area contributed by atoms with E-state index in [1.165, 1.54) is 17.3 Å². The van der Waals surface area contributed by atoms with Gasteiger partial charge in [0.15, 0.2) is 17.4 Å². The Bertz CT molecular complexity index is 1100. The second kappa shape index (κ2) is 11.4. The molecule has 1 aromatic carbocycles. The summed E-state index contributed by atoms with van der Waals surface area (Å²) in [5.41, 5.74) is 0.228. The molecule has 1 aliphatic carbocycles. The quantitative estimate of drug-likeness (QED) is 0.540. The third-order valence-electron chi connectivity index (χ3n) is 6.84. The van der Waals surface area contributed by atoms with Crippen molar-refractivity contribution in [3.8, 4) is 16.9 Å². The number of aliphatic hydroxyl groups is 1. The van der Waals surface area contributed by atoms with Crippen LogP contribution in [0.25, 0.3) is 11.1 Å². The van der Waals surface area contributed by atoms with Gasteiger partial charge in [0.1, 0.15) is 5.60 Å². The van der Waals surface area contributed by atoms with Crippen molar-refractivity contribution < 1.29 is 33.0 Å². The van der Waals surface area contributed by atoms with E-state index in [0.717, 1.165) is 25.0 Å². The summed E-state index contributed by atoms with van der Waals surface area (Å²) >= 11 is 0. The molecule has 2 fully saturated rings. The van der Waals surface area contributed by atoms with Gasteiger partial charge in [-0.25, -0.2) is 23.5 Å². The van der Waals surface area contributed by atoms with Crippen molar-refractivity contribution in [2.75, 3.05) is 39.4 Å². The van der Waals surface area contributed by atoms with Crippen LogP contribution in [-0.2, 0) is 4.74 Å². The van der Waals surface area contributed by atoms with Crippen molar-refractivity contribution in [2.45, 2.75) is 45.1 Å². The Labute approximate surface area is 214 Å². The monoisotopic (exact) mass is 518 g/mol. The topological polar surface area (TPSA) is 105 Å². The van der Waals surface area contributed by atoms with E-state index in [1.54, 1.807) is 11.8 Å². The van der Waals surface area contributed by atoms with Gasteiger partial charge in [0, 0.05) is 44.1 Å². The highest BCUT2D eigenvalue weighted by Crippen LogP contribution is 2.39. The zero-order valence-electron chi connectivity index (χ0n) is 21.1. The zero-order chi connectivity index (χ0) is 26.6. The lowest BCUT2D eigenvalue weighted by molar-refractivity contribution is 0.0453. The summed E-state index contributed by atoms with van der Waals surface area (Å²) in [5, 5.41) is 9.07. The summed E-state index contributed by atoms with van der Waals surface area (Å²) in [7, 11) is 0. The molecule has 4 rings (SSSR count). The zero-order valence-corrected chi connectivity index (χ0v) is 21.1. The van der Waals surface area contributed by atoms with Crippen LogP contribution < -0.4 is 4.74 Å². The van der Waals surface area contributed by atoms with E-state index in [1.807, 2.05) is 6.92 Å². The lowest BCUT2D eigenvalue weighted by Gasteiger charge is -2.32. The predicted molar refractivity (Wildman–Crippen MR) is 130 cm³/mol. The summed E-state index contributed by atoms with van der Waals surface area (Å²) in [4.78, 5) is 35.8. The number of hydrogen-bond acceptors (Lipinski definition) is 7. The van der Waals surface area contributed by atoms with E-state index < -0.39 is 23.3 Å². The Morgan fingerprint density at radius 1 is 1.14 bits per heavy atom. The van der Waals surface area contributed by atoms with Gasteiger partial charge in [-0.3, -0.25) is 4.79 Å². The molecule has 0 spiro atoms. The van der Waals surface area contributed by atoms with Crippen molar-refractivity contribution in [3.63, 3.8) is 0 Å². The second-order valence-corrected chi connectivity index (χ2v) is 9.73. The highest BCUT2D eigenvalue weighted by atomic mass is 19.1. The van der Waals surface area contributed by atoms with E-state index in [2.05, 4.69) is 9.97 Å². The number of nitrogens with zero attached hydrogens (tertiary/aromatic N) is 4. The van der Waals surface area contributed by atoms with Gasteiger partial charge in [0.2, 0.25) is 5.82 Å². The Morgan fingerprint density at radius 3 is 2.30 bits per heavy atom. The highest BCUT2D eigenvalue weighted by molar-refractivity contribution is 5.90. The number of carbonyl (C=O) groups excluding carboxylic acids is 2. The number of carbonyl (C=O) groups is 2. The molecule has 11 heteroatoms. The van der Waals surface area contributed by atoms with Crippen LogP contribution in [0, 0.1) is 17.6 Å². The molecule has 0 radical (unpaired) electrons. The Hall–Kier alpha value is -3.34. The molecule has 200 valence electrons. The molecule has 1 saturated heterocycles. The number of piperidine rings is 1. The van der Waals surface area contributed by atoms with Crippen LogP contribution in [0.4, 0.5) is 13.6 Å². The van der Waals surface area contributed by atoms with Gasteiger partial charge in [0.05, 0.1) is 13.2 Å². The van der Waals surface area contributed by atoms with Crippen molar-refractivity contribution in [1.82, 2.24) is 19.8 Å². The average Bonchev–Trinajstić information content (AvgIpc) is 3.62. The molecule has 2 aliphatic rings. The minimum absolute atomic E-state index is 0.0611. The maximum atomic E-state index is 14.8. The first-order chi connectivity index (χ1) is 17.7. The summed E-state index contributed by atoms with van der Waals surface area (Å²) in [6.07, 6.45) is 5.43. The molecule has 2 aromatic rings. The van der Waals surface area contributed by atoms with Crippen LogP contribution in [0.1, 0.15) is 50.1 Å². The van der Waals surface area contributed by atoms with Gasteiger partial charge in [-0.1, -0.05) is 0 Å². The number of ether oxygens (including phenoxy) is 2. The fourth-order valence-electron chi connectivity index (χ4n) is 4.15. The first-order valence-electron chi connectivity index (χ1n) is 12.6. The Morgan fingerprint density at radius 2 is 1.76 bits per heavy atom. The molecule has 1 aromatic heterocycles. The van der Waals surface area contributed by atoms with E-state index >= 15 is 0 Å². The van der Waals surface area contributed by atoms with Crippen molar-refractivity contribution in [1.29, 1.82) is 0 Å². The molecular weight excluding hydrogens is 486 g/mol. The van der Waals surface area contributed by atoms with E-state index in [4.69, 9.17) is 14.6 Å². The molecule has 37 heavy (non-hydrogen) atoms. The molecular formula is C26H32F2N4O5. The Kier molecular flexibility index (Phi) is 8.21. The summed E-state index contributed by atoms with van der Waals surface area (Å²) < 4.78 is 40.5. The van der Waals surface area contributed by atoms with Gasteiger partial charge < -0.3 is 24.4 Å². The largest absolute Gasteiger partial charge is 0.487 e. The molecule has 0 bridgehead atoms. The average molecular weight is 519 g/mol. The number of halogens is 2. The minimum atomic E-state index is -0.853. The maximum Gasteiger partial charge on any atom is 0.410 e. The third kappa shape index (κ3) is 6.51. The van der Waals surface area contributed by atoms with Gasteiger partial charge >= 0.3 is 6.09 Å². The summed E-state index contributed by atoms with van der Waals surface area (Å²) in [5.74, 6) is -2.61. The third-order valence-corrected chi connectivity index (χ3v) is 6.84. The lowest BCUT2D eigenvalue weighted by Crippen LogP contribution is -2.41. The van der Waals surface area contributed by atoms with Crippen molar-refractivity contribution in [3.05, 3.63) is 42.0 Å². The normalized spacial score (nSPS) is 16.8. The van der Waals surface area contributed by atoms with Crippen LogP contribution in [-0.4, -0.2) is 81.9 Å². The first-order valence-corrected chi connectivity index (χ1v) is 12.6. The standard InChI is InChI=1S/C26H32F2N4O5/c1-3-31(10-11-33)24(34)23-29-14-19(15-30-23)18-12-20(27)22(21(28)13-18)36-16-17-4-8-32(9-5-17)25(35)37-26(2)6-7-26/h12-15,17,33H,3-11,16H2,1-2H3. The van der Waals surface area contributed by atoms with Crippen LogP contribution >= 0.6 is 0 Å². The predicted octanol–water partition coefficient (Wildman–Crippen LogP) is 3.66. The molecule has 0 unspecified atom stereocenters. The first kappa shape index (κ1) is 26.7. The molecule has 9 nitrogen and oxygen atoms in total. The number of rotatable bonds is 9. The van der Waals surface area contributed by atoms with E-state index in [-0.39, 0.29) is 48.8 Å². The Balaban J connectivity index is 1.33. The van der Waals surface area contributed by atoms with Crippen LogP contribution in [0.15, 0.2) is 24.5 Å². The number of likely N-dealkylation sites (N-methyl/N-ethyl adjacent to an activating group) is 1. The number of aromatic nitrogens is 2. The van der Waals surface area contributed by atoms with Crippen LogP contribution in [0.5, 0.6) is 5.75 Å². The van der Waals surface area contributed by atoms with E-state index in [9.17, 15) is 18.4 Å². The van der Waals surface area contributed by atoms with Gasteiger partial charge in [-0.15, -0.1) is 0 Å². The maximum absolute atomic E-state index is 14.8. The fourth-order valence-corrected chi connectivity index (χ4v) is 4.15. The lowest BCUT2D eigenvalue weighted by atomic mass is 9.98. The summed E-state index contributed by atoms with van der Waals surface area (Å²) in [6.45, 7) is 5.21. The highest BCUT2D eigenvalue weighted by Gasteiger charge is 2.43. The SMILES string of the molecule is CCN(CCO)C(=O)c1ncc(-c2cc(F)c(OCC3CCN(C(=O)OC4(C)CC4)CC3)c(F)c2)cn1. The molecule has 0 atom stereocenters. The number of likely N-dealkylation sites (tertiary alicyclic amines) is 1. The molecule has 1 aliphatic heterocycles. The van der Waals surface area contributed by atoms with Crippen LogP contribution in [0.3, 0.4) is 0 Å². The van der Waals surface area contributed by atoms with Gasteiger partial charge in [0.25, 0.3) is 5.91 Å². The van der Waals surface area contributed by atoms with Crippen LogP contribution in [0.2, 0.25) is 0 Å². The number of benzene rings is 1. The van der Waals surface area contributed by atoms with Gasteiger partial charge in [-0.05, 0) is 63.1 Å². The summed E-state index contributed by atoms with van der Waals surface area (Å²) in [6, 6.07) is 2.28. The van der Waals surface area contributed by atoms with E-state index in [0.29, 0.717) is 38.0 Å². The minimum Gasteiger partial charge on any atom is -0.487 e. The smallest absolute Gasteiger partial charge is 0.410 e. The fraction of sp³-hybridized carbons (Fsp3) is 0.538. The van der Waals surface area contributed by atoms with Crippen molar-refractivity contribution >= 4 is 12.0 Å². The number of hydrogen-bond donors (Lipinski definition) is 1. The number of aliphatic hydroxyl groups excluding tert-OH is 1. The molecule has 1 N–H and O–H groups in total.